The first-order chi connectivity index (χ1) is 9.27. The van der Waals surface area contributed by atoms with Crippen molar-refractivity contribution in [2.24, 2.45) is 0 Å². The highest BCUT2D eigenvalue weighted by Crippen LogP contribution is 2.21. The molecule has 7 heteroatoms. The summed E-state index contributed by atoms with van der Waals surface area (Å²) in [6.45, 7) is 4.28. The minimum atomic E-state index is -4.84. The van der Waals surface area contributed by atoms with Gasteiger partial charge in [-0.25, -0.2) is 0 Å². The number of ketones is 1. The van der Waals surface area contributed by atoms with Crippen molar-refractivity contribution < 1.29 is 18.0 Å². The number of halogens is 3. The third kappa shape index (κ3) is 3.09. The largest absolute Gasteiger partial charge is 0.454 e. The third-order valence-corrected chi connectivity index (χ3v) is 2.81. The summed E-state index contributed by atoms with van der Waals surface area (Å²) in [5.74, 6) is -1.83. The van der Waals surface area contributed by atoms with Crippen LogP contribution >= 0.6 is 0 Å². The van der Waals surface area contributed by atoms with Crippen molar-refractivity contribution in [3.63, 3.8) is 0 Å². The Balaban J connectivity index is 2.11. The van der Waals surface area contributed by atoms with E-state index in [1.807, 2.05) is 20.0 Å². The number of hydrogen-bond donors (Lipinski definition) is 0. The highest BCUT2D eigenvalue weighted by molar-refractivity contribution is 6.00. The summed E-state index contributed by atoms with van der Waals surface area (Å²) in [6, 6.07) is 3.18. The number of nitrogens with zero attached hydrogens (tertiary/aromatic N) is 3. The summed E-state index contributed by atoms with van der Waals surface area (Å²) in [4.78, 5) is 11.1. The van der Waals surface area contributed by atoms with Crippen LogP contribution in [0.5, 0.6) is 0 Å². The molecule has 108 valence electrons. The molecule has 0 aromatic carbocycles. The summed E-state index contributed by atoms with van der Waals surface area (Å²) in [7, 11) is 0. The molecule has 0 atom stereocenters. The average Bonchev–Trinajstić information content (AvgIpc) is 2.96. The van der Waals surface area contributed by atoms with Gasteiger partial charge in [-0.05, 0) is 26.0 Å². The fourth-order valence-electron chi connectivity index (χ4n) is 1.77. The molecule has 4 nitrogen and oxygen atoms in total. The van der Waals surface area contributed by atoms with Crippen LogP contribution in [0.4, 0.5) is 13.2 Å². The quantitative estimate of drug-likeness (QED) is 0.810. The van der Waals surface area contributed by atoms with Crippen molar-refractivity contribution in [2.75, 3.05) is 0 Å². The van der Waals surface area contributed by atoms with E-state index in [1.54, 1.807) is 10.7 Å². The van der Waals surface area contributed by atoms with Crippen LogP contribution in [0.2, 0.25) is 0 Å². The van der Waals surface area contributed by atoms with E-state index in [0.29, 0.717) is 6.54 Å². The molecule has 0 fully saturated rings. The predicted octanol–water partition coefficient (Wildman–Crippen LogP) is 3.06. The molecule has 2 rings (SSSR count). The van der Waals surface area contributed by atoms with Crippen LogP contribution in [-0.4, -0.2) is 26.3 Å². The topological polar surface area (TPSA) is 39.8 Å². The van der Waals surface area contributed by atoms with Crippen molar-refractivity contribution in [3.8, 4) is 0 Å². The molecule has 0 unspecified atom stereocenters. The number of carbonyl (C=O) groups excluding carboxylic acids is 1. The van der Waals surface area contributed by atoms with Gasteiger partial charge >= 0.3 is 6.18 Å². The first-order valence-electron chi connectivity index (χ1n) is 6.08. The van der Waals surface area contributed by atoms with Crippen LogP contribution in [0, 0.1) is 0 Å². The van der Waals surface area contributed by atoms with Crippen LogP contribution in [0.15, 0.2) is 30.7 Å². The second-order valence-electron chi connectivity index (χ2n) is 4.78. The molecule has 0 saturated carbocycles. The lowest BCUT2D eigenvalue weighted by Gasteiger charge is -2.04. The van der Waals surface area contributed by atoms with Gasteiger partial charge < -0.3 is 4.57 Å². The van der Waals surface area contributed by atoms with Gasteiger partial charge in [-0.2, -0.15) is 18.3 Å². The molecule has 2 heterocycles. The molecule has 0 N–H and O–H groups in total. The number of rotatable bonds is 4. The van der Waals surface area contributed by atoms with Gasteiger partial charge in [-0.1, -0.05) is 0 Å². The lowest BCUT2D eigenvalue weighted by Crippen LogP contribution is -2.22. The fourth-order valence-corrected chi connectivity index (χ4v) is 1.77. The molecule has 2 aromatic heterocycles. The summed E-state index contributed by atoms with van der Waals surface area (Å²) in [5.41, 5.74) is 0.362. The Morgan fingerprint density at radius 2 is 2.00 bits per heavy atom. The molecule has 0 bridgehead atoms. The van der Waals surface area contributed by atoms with Crippen LogP contribution in [0.25, 0.3) is 0 Å². The maximum absolute atomic E-state index is 12.3. The van der Waals surface area contributed by atoms with Crippen LogP contribution in [0.3, 0.4) is 0 Å². The Morgan fingerprint density at radius 3 is 2.55 bits per heavy atom. The Hall–Kier alpha value is -2.05. The minimum absolute atomic E-state index is 0.218. The zero-order valence-electron chi connectivity index (χ0n) is 11.1. The van der Waals surface area contributed by atoms with Crippen molar-refractivity contribution in [1.29, 1.82) is 0 Å². The summed E-state index contributed by atoms with van der Waals surface area (Å²) in [6.07, 6.45) is -0.408. The van der Waals surface area contributed by atoms with Gasteiger partial charge in [0.25, 0.3) is 5.78 Å². The number of carbonyl (C=O) groups is 1. The lowest BCUT2D eigenvalue weighted by molar-refractivity contribution is -0.0885. The van der Waals surface area contributed by atoms with Crippen molar-refractivity contribution in [3.05, 3.63) is 42.0 Å². The van der Waals surface area contributed by atoms with Gasteiger partial charge in [-0.15, -0.1) is 0 Å². The van der Waals surface area contributed by atoms with E-state index in [4.69, 9.17) is 0 Å². The van der Waals surface area contributed by atoms with E-state index < -0.39 is 12.0 Å². The van der Waals surface area contributed by atoms with E-state index in [1.165, 1.54) is 17.0 Å². The summed E-state index contributed by atoms with van der Waals surface area (Å²) < 4.78 is 40.1. The number of alkyl halides is 3. The van der Waals surface area contributed by atoms with Gasteiger partial charge in [0.05, 0.1) is 12.2 Å². The fraction of sp³-hybridized carbons (Fsp3) is 0.385. The molecule has 0 aliphatic heterocycles. The Kier molecular flexibility index (Phi) is 3.69. The first kappa shape index (κ1) is 14.4. The Morgan fingerprint density at radius 1 is 1.30 bits per heavy atom. The predicted molar refractivity (Wildman–Crippen MR) is 66.5 cm³/mol. The smallest absolute Gasteiger partial charge is 0.348 e. The molecule has 0 spiro atoms. The number of hydrogen-bond acceptors (Lipinski definition) is 2. The molecule has 0 saturated heterocycles. The molecule has 0 aliphatic carbocycles. The van der Waals surface area contributed by atoms with Crippen LogP contribution in [0.1, 0.15) is 35.9 Å². The zero-order valence-corrected chi connectivity index (χ0v) is 11.1. The normalized spacial score (nSPS) is 12.1. The van der Waals surface area contributed by atoms with E-state index in [-0.39, 0.29) is 11.6 Å². The molecular formula is C13H14F3N3O. The van der Waals surface area contributed by atoms with E-state index in [2.05, 4.69) is 5.10 Å². The SMILES string of the molecule is CC(C)n1ccc(Cn2ccc(C(=O)C(F)(F)F)c2)n1. The molecule has 0 amide bonds. The first-order valence-corrected chi connectivity index (χ1v) is 6.08. The highest BCUT2D eigenvalue weighted by atomic mass is 19.4. The Labute approximate surface area is 113 Å². The van der Waals surface area contributed by atoms with Gasteiger partial charge in [-0.3, -0.25) is 9.48 Å². The van der Waals surface area contributed by atoms with Crippen molar-refractivity contribution >= 4 is 5.78 Å². The second-order valence-corrected chi connectivity index (χ2v) is 4.78. The number of Topliss-reactive ketones (excluding diaryl/α,β-unsaturated/α-hetero) is 1. The van der Waals surface area contributed by atoms with Gasteiger partial charge in [0.15, 0.2) is 0 Å². The molecule has 20 heavy (non-hydrogen) atoms. The summed E-state index contributed by atoms with van der Waals surface area (Å²) in [5, 5.41) is 4.30. The summed E-state index contributed by atoms with van der Waals surface area (Å²) >= 11 is 0. The van der Waals surface area contributed by atoms with Gasteiger partial charge in [0.1, 0.15) is 0 Å². The average molecular weight is 285 g/mol. The van der Waals surface area contributed by atoms with E-state index in [9.17, 15) is 18.0 Å². The molecule has 2 aromatic rings. The molecular weight excluding hydrogens is 271 g/mol. The van der Waals surface area contributed by atoms with Crippen molar-refractivity contribution in [1.82, 2.24) is 14.3 Å². The second kappa shape index (κ2) is 5.15. The third-order valence-electron chi connectivity index (χ3n) is 2.81. The maximum atomic E-state index is 12.3. The van der Waals surface area contributed by atoms with Crippen LogP contribution < -0.4 is 0 Å². The molecule has 0 aliphatic rings. The van der Waals surface area contributed by atoms with Gasteiger partial charge in [0.2, 0.25) is 0 Å². The Bertz CT molecular complexity index is 610. The zero-order chi connectivity index (χ0) is 14.9. The van der Waals surface area contributed by atoms with E-state index in [0.717, 1.165) is 11.8 Å². The maximum Gasteiger partial charge on any atom is 0.454 e. The monoisotopic (exact) mass is 285 g/mol. The van der Waals surface area contributed by atoms with Crippen molar-refractivity contribution in [2.45, 2.75) is 32.6 Å². The van der Waals surface area contributed by atoms with E-state index >= 15 is 0 Å². The lowest BCUT2D eigenvalue weighted by atomic mass is 10.2. The molecule has 0 radical (unpaired) electrons. The minimum Gasteiger partial charge on any atom is -0.348 e. The highest BCUT2D eigenvalue weighted by Gasteiger charge is 2.39. The number of aromatic nitrogens is 3. The van der Waals surface area contributed by atoms with Gasteiger partial charge in [0, 0.05) is 30.2 Å². The standard InChI is InChI=1S/C13H14F3N3O/c1-9(2)19-6-4-11(17-19)8-18-5-3-10(7-18)12(20)13(14,15)16/h3-7,9H,8H2,1-2H3. The van der Waals surface area contributed by atoms with Crippen LogP contribution in [-0.2, 0) is 6.54 Å².